The zero-order valence-electron chi connectivity index (χ0n) is 12.2. The maximum Gasteiger partial charge on any atom is 0.236 e. The molecule has 3 unspecified atom stereocenters. The molecule has 5 nitrogen and oxygen atoms in total. The van der Waals surface area contributed by atoms with Crippen molar-refractivity contribution in [3.8, 4) is 0 Å². The van der Waals surface area contributed by atoms with Gasteiger partial charge in [-0.1, -0.05) is 28.1 Å². The Morgan fingerprint density at radius 3 is 2.65 bits per heavy atom. The number of thiocarbonyl (C=S) groups is 1. The predicted octanol–water partition coefficient (Wildman–Crippen LogP) is 2.12. The SMILES string of the molecule is O=C1CC2C(=O)N(c3ccc(Br)cc3)C(=S)C23CCCC3(O)N1. The number of nitrogens with one attached hydrogen (secondary N) is 1. The number of benzene rings is 1. The van der Waals surface area contributed by atoms with Crippen molar-refractivity contribution in [1.82, 2.24) is 5.32 Å². The number of hydrogen-bond donors (Lipinski definition) is 2. The van der Waals surface area contributed by atoms with Crippen molar-refractivity contribution in [2.24, 2.45) is 11.3 Å². The van der Waals surface area contributed by atoms with Gasteiger partial charge in [-0.05, 0) is 43.5 Å². The highest BCUT2D eigenvalue weighted by molar-refractivity contribution is 9.10. The lowest BCUT2D eigenvalue weighted by atomic mass is 9.67. The molecule has 0 aromatic heterocycles. The summed E-state index contributed by atoms with van der Waals surface area (Å²) in [6.07, 6.45) is 1.85. The average molecular weight is 395 g/mol. The van der Waals surface area contributed by atoms with Crippen LogP contribution in [0.2, 0.25) is 0 Å². The highest BCUT2D eigenvalue weighted by Crippen LogP contribution is 2.59. The summed E-state index contributed by atoms with van der Waals surface area (Å²) in [4.78, 5) is 26.9. The van der Waals surface area contributed by atoms with Gasteiger partial charge in [0.25, 0.3) is 0 Å². The fourth-order valence-corrected chi connectivity index (χ4v) is 5.22. The van der Waals surface area contributed by atoms with Gasteiger partial charge >= 0.3 is 0 Å². The summed E-state index contributed by atoms with van der Waals surface area (Å²) in [5, 5.41) is 13.7. The second kappa shape index (κ2) is 4.84. The van der Waals surface area contributed by atoms with Crippen molar-refractivity contribution >= 4 is 50.6 Å². The molecule has 1 aromatic rings. The highest BCUT2D eigenvalue weighted by atomic mass is 79.9. The standard InChI is InChI=1S/C16H15BrN2O3S/c17-9-2-4-10(5-3-9)19-13(21)11-8-12(20)18-16(22)7-1-6-15(11,16)14(19)23/h2-5,11,22H,1,6-8H2,(H,18,20). The zero-order valence-corrected chi connectivity index (χ0v) is 14.6. The number of anilines is 1. The van der Waals surface area contributed by atoms with Crippen molar-refractivity contribution in [3.63, 3.8) is 0 Å². The summed E-state index contributed by atoms with van der Waals surface area (Å²) in [6, 6.07) is 7.31. The molecule has 4 rings (SSSR count). The lowest BCUT2D eigenvalue weighted by Gasteiger charge is -2.45. The van der Waals surface area contributed by atoms with E-state index < -0.39 is 17.1 Å². The third kappa shape index (κ3) is 1.84. The van der Waals surface area contributed by atoms with Gasteiger partial charge in [-0.25, -0.2) is 0 Å². The molecular weight excluding hydrogens is 380 g/mol. The largest absolute Gasteiger partial charge is 0.370 e. The van der Waals surface area contributed by atoms with Crippen LogP contribution in [0, 0.1) is 11.3 Å². The predicted molar refractivity (Wildman–Crippen MR) is 91.7 cm³/mol. The molecule has 2 amide bonds. The molecule has 1 aromatic carbocycles. The fourth-order valence-electron chi connectivity index (χ4n) is 4.35. The molecule has 120 valence electrons. The molecule has 0 bridgehead atoms. The third-order valence-electron chi connectivity index (χ3n) is 5.37. The van der Waals surface area contributed by atoms with Crippen LogP contribution in [0.3, 0.4) is 0 Å². The van der Waals surface area contributed by atoms with Crippen molar-refractivity contribution < 1.29 is 14.7 Å². The monoisotopic (exact) mass is 394 g/mol. The number of amides is 2. The van der Waals surface area contributed by atoms with E-state index in [9.17, 15) is 14.7 Å². The lowest BCUT2D eigenvalue weighted by molar-refractivity contribution is -0.155. The van der Waals surface area contributed by atoms with E-state index in [1.807, 2.05) is 24.3 Å². The van der Waals surface area contributed by atoms with Gasteiger partial charge in [-0.2, -0.15) is 0 Å². The molecule has 1 saturated carbocycles. The molecule has 23 heavy (non-hydrogen) atoms. The summed E-state index contributed by atoms with van der Waals surface area (Å²) in [5.41, 5.74) is -1.60. The minimum atomic E-state index is -1.41. The van der Waals surface area contributed by atoms with Gasteiger partial charge < -0.3 is 10.4 Å². The van der Waals surface area contributed by atoms with Gasteiger partial charge in [0.1, 0.15) is 10.7 Å². The maximum absolute atomic E-state index is 13.0. The van der Waals surface area contributed by atoms with Gasteiger partial charge in [0.05, 0.1) is 11.3 Å². The van der Waals surface area contributed by atoms with E-state index in [1.165, 1.54) is 4.90 Å². The van der Waals surface area contributed by atoms with Crippen molar-refractivity contribution in [2.45, 2.75) is 31.4 Å². The van der Waals surface area contributed by atoms with E-state index in [1.54, 1.807) is 0 Å². The van der Waals surface area contributed by atoms with E-state index in [0.29, 0.717) is 23.5 Å². The summed E-state index contributed by atoms with van der Waals surface area (Å²) in [6.45, 7) is 0. The number of piperidine rings is 1. The molecule has 2 heterocycles. The Labute approximate surface area is 147 Å². The third-order valence-corrected chi connectivity index (χ3v) is 6.44. The Morgan fingerprint density at radius 2 is 1.96 bits per heavy atom. The van der Waals surface area contributed by atoms with Crippen LogP contribution in [0.4, 0.5) is 5.69 Å². The van der Waals surface area contributed by atoms with Crippen molar-refractivity contribution in [1.29, 1.82) is 0 Å². The van der Waals surface area contributed by atoms with Gasteiger partial charge in [-0.15, -0.1) is 0 Å². The number of nitrogens with zero attached hydrogens (tertiary/aromatic N) is 1. The minimum Gasteiger partial charge on any atom is -0.370 e. The molecule has 1 aliphatic carbocycles. The van der Waals surface area contributed by atoms with Crippen molar-refractivity contribution in [2.75, 3.05) is 4.90 Å². The van der Waals surface area contributed by atoms with Crippen LogP contribution in [0.15, 0.2) is 28.7 Å². The Bertz CT molecular complexity index is 737. The Balaban J connectivity index is 1.85. The first kappa shape index (κ1) is 15.2. The first-order chi connectivity index (χ1) is 10.9. The molecule has 3 fully saturated rings. The van der Waals surface area contributed by atoms with E-state index in [-0.39, 0.29) is 18.2 Å². The Kier molecular flexibility index (Phi) is 3.21. The summed E-state index contributed by atoms with van der Waals surface area (Å²) >= 11 is 9.03. The van der Waals surface area contributed by atoms with Gasteiger partial charge in [-0.3, -0.25) is 14.5 Å². The summed E-state index contributed by atoms with van der Waals surface area (Å²) < 4.78 is 0.906. The fraction of sp³-hybridized carbons (Fsp3) is 0.438. The van der Waals surface area contributed by atoms with Crippen LogP contribution >= 0.6 is 28.1 Å². The molecule has 0 radical (unpaired) electrons. The van der Waals surface area contributed by atoms with Crippen LogP contribution in [0.1, 0.15) is 25.7 Å². The number of aliphatic hydroxyl groups is 1. The smallest absolute Gasteiger partial charge is 0.236 e. The molecule has 2 saturated heterocycles. The molecule has 3 atom stereocenters. The number of rotatable bonds is 1. The second-order valence-corrected chi connectivity index (χ2v) is 7.75. The molecular formula is C16H15BrN2O3S. The number of carbonyl (C=O) groups excluding carboxylic acids is 2. The first-order valence-corrected chi connectivity index (χ1v) is 8.76. The normalized spacial score (nSPS) is 36.0. The second-order valence-electron chi connectivity index (χ2n) is 6.45. The maximum atomic E-state index is 13.0. The van der Waals surface area contributed by atoms with Crippen LogP contribution in [0.5, 0.6) is 0 Å². The molecule has 2 aliphatic heterocycles. The van der Waals surface area contributed by atoms with Gasteiger partial charge in [0.2, 0.25) is 11.8 Å². The summed E-state index contributed by atoms with van der Waals surface area (Å²) in [5.74, 6) is -1.06. The average Bonchev–Trinajstić information content (AvgIpc) is 2.94. The first-order valence-electron chi connectivity index (χ1n) is 7.56. The number of halogens is 1. The van der Waals surface area contributed by atoms with E-state index >= 15 is 0 Å². The van der Waals surface area contributed by atoms with Gasteiger partial charge in [0, 0.05) is 16.6 Å². The Hall–Kier alpha value is -1.31. The van der Waals surface area contributed by atoms with Crippen LogP contribution in [-0.2, 0) is 9.59 Å². The van der Waals surface area contributed by atoms with E-state index in [4.69, 9.17) is 12.2 Å². The quantitative estimate of drug-likeness (QED) is 0.715. The molecule has 7 heteroatoms. The minimum absolute atomic E-state index is 0.0777. The highest BCUT2D eigenvalue weighted by Gasteiger charge is 2.71. The lowest BCUT2D eigenvalue weighted by Crippen LogP contribution is -2.65. The number of carbonyl (C=O) groups is 2. The van der Waals surface area contributed by atoms with Crippen LogP contribution < -0.4 is 10.2 Å². The van der Waals surface area contributed by atoms with E-state index in [2.05, 4.69) is 21.2 Å². The van der Waals surface area contributed by atoms with Crippen LogP contribution in [0.25, 0.3) is 0 Å². The topological polar surface area (TPSA) is 69.6 Å². The number of hydrogen-bond acceptors (Lipinski definition) is 4. The van der Waals surface area contributed by atoms with Gasteiger partial charge in [0.15, 0.2) is 0 Å². The summed E-state index contributed by atoms with van der Waals surface area (Å²) in [7, 11) is 0. The van der Waals surface area contributed by atoms with E-state index in [0.717, 1.165) is 10.9 Å². The zero-order chi connectivity index (χ0) is 16.4. The molecule has 2 N–H and O–H groups in total. The van der Waals surface area contributed by atoms with Crippen LogP contribution in [-0.4, -0.2) is 27.6 Å². The molecule has 3 aliphatic rings. The molecule has 1 spiro atoms. The Morgan fingerprint density at radius 1 is 1.26 bits per heavy atom. The van der Waals surface area contributed by atoms with Crippen molar-refractivity contribution in [3.05, 3.63) is 28.7 Å².